The van der Waals surface area contributed by atoms with Crippen molar-refractivity contribution in [3.63, 3.8) is 0 Å². The Morgan fingerprint density at radius 2 is 2.17 bits per heavy atom. The van der Waals surface area contributed by atoms with E-state index in [4.69, 9.17) is 4.74 Å². The number of nitrogens with zero attached hydrogens (tertiary/aromatic N) is 3. The van der Waals surface area contributed by atoms with Gasteiger partial charge in [0.05, 0.1) is 19.4 Å². The smallest absolute Gasteiger partial charge is 0.223 e. The first-order valence-electron chi connectivity index (χ1n) is 8.02. The lowest BCUT2D eigenvalue weighted by Crippen LogP contribution is -2.40. The van der Waals surface area contributed by atoms with Crippen LogP contribution in [0.15, 0.2) is 36.5 Å². The maximum absolute atomic E-state index is 12.6. The second kappa shape index (κ2) is 7.37. The van der Waals surface area contributed by atoms with Crippen molar-refractivity contribution < 1.29 is 9.53 Å². The number of amides is 1. The summed E-state index contributed by atoms with van der Waals surface area (Å²) in [6, 6.07) is 10.1. The fourth-order valence-corrected chi connectivity index (χ4v) is 2.77. The number of fused-ring (bicyclic) bond motifs is 2. The van der Waals surface area contributed by atoms with Crippen molar-refractivity contribution in [1.82, 2.24) is 20.3 Å². The molecule has 1 aromatic heterocycles. The molecule has 2 aromatic rings. The van der Waals surface area contributed by atoms with Crippen LogP contribution in [0.3, 0.4) is 0 Å². The molecule has 1 aliphatic heterocycles. The molecule has 122 valence electrons. The van der Waals surface area contributed by atoms with E-state index < -0.39 is 0 Å². The molecule has 0 aliphatic carbocycles. The molecular weight excluding hydrogens is 292 g/mol. The summed E-state index contributed by atoms with van der Waals surface area (Å²) in [5.74, 6) is -0.0159. The zero-order valence-corrected chi connectivity index (χ0v) is 13.3. The molecule has 1 N–H and O–H groups in total. The van der Waals surface area contributed by atoms with Crippen LogP contribution in [-0.4, -0.2) is 33.5 Å². The van der Waals surface area contributed by atoms with Crippen LogP contribution < -0.4 is 5.32 Å². The Morgan fingerprint density at radius 1 is 1.35 bits per heavy atom. The van der Waals surface area contributed by atoms with Crippen molar-refractivity contribution in [1.29, 1.82) is 0 Å². The van der Waals surface area contributed by atoms with Gasteiger partial charge in [-0.05, 0) is 25.3 Å². The van der Waals surface area contributed by atoms with Gasteiger partial charge in [-0.15, -0.1) is 5.10 Å². The monoisotopic (exact) mass is 314 g/mol. The van der Waals surface area contributed by atoms with Gasteiger partial charge in [-0.1, -0.05) is 35.5 Å². The van der Waals surface area contributed by atoms with E-state index in [2.05, 4.69) is 27.8 Å². The van der Waals surface area contributed by atoms with Gasteiger partial charge in [0.2, 0.25) is 5.91 Å². The number of aryl methyl sites for hydroxylation is 1. The minimum absolute atomic E-state index is 0.0183. The standard InChI is InChI=1S/C17H22N4O2/c1-13-11-23-12-16-10-21(20-19-16)8-7-15(17(22)18-13)9-14-5-3-2-4-6-14/h2-6,10,13,15H,7-9,11-12H2,1H3,(H,18,22)/t13-,15-/m1/s1. The highest BCUT2D eigenvalue weighted by Crippen LogP contribution is 2.15. The minimum atomic E-state index is -0.0908. The van der Waals surface area contributed by atoms with Gasteiger partial charge in [-0.2, -0.15) is 0 Å². The second-order valence-electron chi connectivity index (χ2n) is 6.07. The Kier molecular flexibility index (Phi) is 5.02. The molecule has 23 heavy (non-hydrogen) atoms. The van der Waals surface area contributed by atoms with Crippen molar-refractivity contribution in [2.45, 2.75) is 39.0 Å². The maximum Gasteiger partial charge on any atom is 0.223 e. The molecule has 2 heterocycles. The van der Waals surface area contributed by atoms with Gasteiger partial charge in [0.25, 0.3) is 0 Å². The van der Waals surface area contributed by atoms with Crippen LogP contribution in [-0.2, 0) is 29.1 Å². The van der Waals surface area contributed by atoms with Gasteiger partial charge in [0.15, 0.2) is 0 Å². The molecule has 1 aromatic carbocycles. The molecule has 0 radical (unpaired) electrons. The van der Waals surface area contributed by atoms with Crippen LogP contribution in [0.2, 0.25) is 0 Å². The molecule has 2 bridgehead atoms. The summed E-state index contributed by atoms with van der Waals surface area (Å²) >= 11 is 0. The topological polar surface area (TPSA) is 69.0 Å². The zero-order valence-electron chi connectivity index (χ0n) is 13.3. The van der Waals surface area contributed by atoms with Crippen LogP contribution in [0.1, 0.15) is 24.6 Å². The normalized spacial score (nSPS) is 22.7. The van der Waals surface area contributed by atoms with Crippen LogP contribution >= 0.6 is 0 Å². The summed E-state index contributed by atoms with van der Waals surface area (Å²) in [5.41, 5.74) is 1.99. The van der Waals surface area contributed by atoms with Gasteiger partial charge >= 0.3 is 0 Å². The summed E-state index contributed by atoms with van der Waals surface area (Å²) in [6.07, 6.45) is 3.35. The van der Waals surface area contributed by atoms with E-state index in [1.807, 2.05) is 31.3 Å². The molecule has 0 unspecified atom stereocenters. The van der Waals surface area contributed by atoms with E-state index in [1.165, 1.54) is 5.56 Å². The van der Waals surface area contributed by atoms with E-state index in [9.17, 15) is 4.79 Å². The van der Waals surface area contributed by atoms with E-state index in [1.54, 1.807) is 4.68 Å². The van der Waals surface area contributed by atoms with Crippen LogP contribution in [0.25, 0.3) is 0 Å². The Bertz CT molecular complexity index is 641. The summed E-state index contributed by atoms with van der Waals surface area (Å²) < 4.78 is 7.37. The van der Waals surface area contributed by atoms with Crippen molar-refractivity contribution in [2.75, 3.05) is 6.61 Å². The lowest BCUT2D eigenvalue weighted by atomic mass is 9.95. The largest absolute Gasteiger partial charge is 0.373 e. The molecule has 2 atom stereocenters. The first-order chi connectivity index (χ1) is 11.2. The number of nitrogens with one attached hydrogen (secondary N) is 1. The Hall–Kier alpha value is -2.21. The van der Waals surface area contributed by atoms with E-state index in [0.29, 0.717) is 19.8 Å². The predicted octanol–water partition coefficient (Wildman–Crippen LogP) is 1.56. The molecular formula is C17H22N4O2. The number of hydrogen-bond acceptors (Lipinski definition) is 4. The molecule has 0 saturated heterocycles. The van der Waals surface area contributed by atoms with Gasteiger partial charge in [0, 0.05) is 18.5 Å². The predicted molar refractivity (Wildman–Crippen MR) is 85.5 cm³/mol. The van der Waals surface area contributed by atoms with Gasteiger partial charge in [-0.25, -0.2) is 0 Å². The highest BCUT2D eigenvalue weighted by Gasteiger charge is 2.21. The number of carbonyl (C=O) groups excluding carboxylic acids is 1. The Balaban J connectivity index is 1.75. The molecule has 6 nitrogen and oxygen atoms in total. The first-order valence-corrected chi connectivity index (χ1v) is 8.02. The van der Waals surface area contributed by atoms with Crippen LogP contribution in [0.5, 0.6) is 0 Å². The van der Waals surface area contributed by atoms with Gasteiger partial charge in [-0.3, -0.25) is 9.48 Å². The molecule has 0 fully saturated rings. The van der Waals surface area contributed by atoms with E-state index >= 15 is 0 Å². The summed E-state index contributed by atoms with van der Waals surface area (Å²) in [4.78, 5) is 12.6. The van der Waals surface area contributed by atoms with Gasteiger partial charge in [0.1, 0.15) is 5.69 Å². The van der Waals surface area contributed by atoms with Crippen molar-refractivity contribution in [2.24, 2.45) is 5.92 Å². The van der Waals surface area contributed by atoms with Crippen LogP contribution in [0, 0.1) is 5.92 Å². The third kappa shape index (κ3) is 4.39. The lowest BCUT2D eigenvalue weighted by Gasteiger charge is -2.21. The molecule has 6 heteroatoms. The average molecular weight is 314 g/mol. The fourth-order valence-electron chi connectivity index (χ4n) is 2.77. The summed E-state index contributed by atoms with van der Waals surface area (Å²) in [5, 5.41) is 11.3. The molecule has 1 amide bonds. The quantitative estimate of drug-likeness (QED) is 0.913. The number of carbonyl (C=O) groups is 1. The third-order valence-electron chi connectivity index (χ3n) is 3.99. The molecule has 3 rings (SSSR count). The van der Waals surface area contributed by atoms with E-state index in [-0.39, 0.29) is 17.9 Å². The van der Waals surface area contributed by atoms with Crippen molar-refractivity contribution in [3.8, 4) is 0 Å². The Labute approximate surface area is 135 Å². The average Bonchev–Trinajstić information content (AvgIpc) is 2.99. The van der Waals surface area contributed by atoms with E-state index in [0.717, 1.165) is 18.5 Å². The number of hydrogen-bond donors (Lipinski definition) is 1. The SMILES string of the molecule is C[C@@H]1COCc2cn(nn2)CC[C@H](Cc2ccccc2)C(=O)N1. The number of benzene rings is 1. The van der Waals surface area contributed by atoms with Crippen molar-refractivity contribution >= 4 is 5.91 Å². The number of aromatic nitrogens is 3. The third-order valence-corrected chi connectivity index (χ3v) is 3.99. The summed E-state index contributed by atoms with van der Waals surface area (Å²) in [7, 11) is 0. The second-order valence-corrected chi connectivity index (χ2v) is 6.07. The van der Waals surface area contributed by atoms with Crippen molar-refractivity contribution in [3.05, 3.63) is 47.8 Å². The van der Waals surface area contributed by atoms with Gasteiger partial charge < -0.3 is 10.1 Å². The highest BCUT2D eigenvalue weighted by atomic mass is 16.5. The maximum atomic E-state index is 12.6. The fraction of sp³-hybridized carbons (Fsp3) is 0.471. The lowest BCUT2D eigenvalue weighted by molar-refractivity contribution is -0.126. The first kappa shape index (κ1) is 15.7. The highest BCUT2D eigenvalue weighted by molar-refractivity contribution is 5.79. The molecule has 0 spiro atoms. The minimum Gasteiger partial charge on any atom is -0.373 e. The number of rotatable bonds is 2. The molecule has 0 saturated carbocycles. The Morgan fingerprint density at radius 3 is 3.00 bits per heavy atom. The zero-order chi connectivity index (χ0) is 16.1. The molecule has 1 aliphatic rings. The van der Waals surface area contributed by atoms with Crippen LogP contribution in [0.4, 0.5) is 0 Å². The number of ether oxygens (including phenoxy) is 1. The summed E-state index contributed by atoms with van der Waals surface area (Å²) in [6.45, 7) is 3.52.